The van der Waals surface area contributed by atoms with E-state index in [0.29, 0.717) is 28.3 Å². The van der Waals surface area contributed by atoms with Crippen molar-refractivity contribution in [3.8, 4) is 22.6 Å². The minimum atomic E-state index is -0.306. The number of aromatic amines is 2. The van der Waals surface area contributed by atoms with Crippen molar-refractivity contribution >= 4 is 33.7 Å². The van der Waals surface area contributed by atoms with Crippen LogP contribution in [0.1, 0.15) is 12.5 Å². The number of halogens is 1. The molecule has 0 amide bonds. The van der Waals surface area contributed by atoms with Crippen molar-refractivity contribution in [2.24, 2.45) is 10.7 Å². The van der Waals surface area contributed by atoms with E-state index in [1.807, 2.05) is 31.2 Å². The Kier molecular flexibility index (Phi) is 5.57. The zero-order chi connectivity index (χ0) is 25.5. The number of rotatable bonds is 5. The summed E-state index contributed by atoms with van der Waals surface area (Å²) in [6.07, 6.45) is 7.08. The van der Waals surface area contributed by atoms with E-state index < -0.39 is 0 Å². The van der Waals surface area contributed by atoms with Gasteiger partial charge < -0.3 is 15.6 Å². The second kappa shape index (κ2) is 9.07. The SMILES string of the molecule is C=CC(=N/C(=C\C)c1cnc2n[nH]c(-c3nc4nccc(-c5cccc(F)c5)c4[nH]3)c2c1)N1CC(N)C1. The molecule has 0 spiro atoms. The number of hydrogen-bond acceptors (Lipinski definition) is 6. The lowest BCUT2D eigenvalue weighted by Crippen LogP contribution is -2.57. The molecule has 0 bridgehead atoms. The number of pyridine rings is 2. The molecule has 5 aromatic rings. The van der Waals surface area contributed by atoms with Gasteiger partial charge in [-0.05, 0) is 42.8 Å². The van der Waals surface area contributed by atoms with E-state index in [1.165, 1.54) is 12.1 Å². The molecule has 0 atom stereocenters. The first-order valence-electron chi connectivity index (χ1n) is 11.9. The lowest BCUT2D eigenvalue weighted by atomic mass is 10.1. The minimum absolute atomic E-state index is 0.158. The number of allylic oxidation sites excluding steroid dienone is 1. The molecule has 0 aliphatic carbocycles. The van der Waals surface area contributed by atoms with Crippen LogP contribution in [0.25, 0.3) is 50.5 Å². The smallest absolute Gasteiger partial charge is 0.181 e. The van der Waals surface area contributed by atoms with Crippen molar-refractivity contribution in [1.82, 2.24) is 35.0 Å². The molecule has 37 heavy (non-hydrogen) atoms. The summed E-state index contributed by atoms with van der Waals surface area (Å²) in [6, 6.07) is 10.4. The van der Waals surface area contributed by atoms with Crippen LogP contribution in [0.2, 0.25) is 0 Å². The van der Waals surface area contributed by atoms with Crippen LogP contribution in [0.4, 0.5) is 4.39 Å². The zero-order valence-corrected chi connectivity index (χ0v) is 20.1. The number of likely N-dealkylation sites (tertiary alicyclic amines) is 1. The summed E-state index contributed by atoms with van der Waals surface area (Å²) in [6.45, 7) is 7.35. The van der Waals surface area contributed by atoms with E-state index >= 15 is 0 Å². The number of imidazole rings is 1. The van der Waals surface area contributed by atoms with Gasteiger partial charge in [-0.25, -0.2) is 24.3 Å². The summed E-state index contributed by atoms with van der Waals surface area (Å²) in [5.41, 5.74) is 11.5. The van der Waals surface area contributed by atoms with Crippen molar-refractivity contribution in [3.05, 3.63) is 78.9 Å². The largest absolute Gasteiger partial charge is 0.353 e. The summed E-state index contributed by atoms with van der Waals surface area (Å²) < 4.78 is 13.9. The normalized spacial score (nSPS) is 14.9. The van der Waals surface area contributed by atoms with Gasteiger partial charge >= 0.3 is 0 Å². The number of nitrogens with two attached hydrogens (primary N) is 1. The van der Waals surface area contributed by atoms with E-state index in [4.69, 9.17) is 10.7 Å². The third kappa shape index (κ3) is 4.07. The number of amidine groups is 1. The number of nitrogens with one attached hydrogen (secondary N) is 2. The van der Waals surface area contributed by atoms with Gasteiger partial charge in [-0.15, -0.1) is 0 Å². The van der Waals surface area contributed by atoms with E-state index in [9.17, 15) is 4.39 Å². The summed E-state index contributed by atoms with van der Waals surface area (Å²) in [7, 11) is 0. The molecule has 4 N–H and O–H groups in total. The van der Waals surface area contributed by atoms with E-state index in [1.54, 1.807) is 24.5 Å². The molecule has 1 saturated heterocycles. The fraction of sp³-hybridized carbons (Fsp3) is 0.148. The first-order valence-corrected chi connectivity index (χ1v) is 11.9. The van der Waals surface area contributed by atoms with Gasteiger partial charge in [0.2, 0.25) is 0 Å². The number of H-pyrrole nitrogens is 2. The molecule has 1 fully saturated rings. The number of fused-ring (bicyclic) bond motifs is 2. The van der Waals surface area contributed by atoms with Crippen molar-refractivity contribution in [2.75, 3.05) is 13.1 Å². The van der Waals surface area contributed by atoms with Gasteiger partial charge in [-0.1, -0.05) is 24.8 Å². The van der Waals surface area contributed by atoms with Crippen LogP contribution in [-0.4, -0.2) is 60.0 Å². The highest BCUT2D eigenvalue weighted by Crippen LogP contribution is 2.31. The first-order chi connectivity index (χ1) is 18.0. The quantitative estimate of drug-likeness (QED) is 0.248. The molecule has 6 rings (SSSR count). The second-order valence-electron chi connectivity index (χ2n) is 8.86. The van der Waals surface area contributed by atoms with Crippen molar-refractivity contribution in [3.63, 3.8) is 0 Å². The fourth-order valence-corrected chi connectivity index (χ4v) is 4.51. The average molecular weight is 494 g/mol. The number of aliphatic imine (C=N–C) groups is 1. The van der Waals surface area contributed by atoms with E-state index in [0.717, 1.165) is 46.7 Å². The van der Waals surface area contributed by atoms with Crippen LogP contribution >= 0.6 is 0 Å². The number of benzene rings is 1. The molecule has 1 aliphatic heterocycles. The Labute approximate surface area is 211 Å². The lowest BCUT2D eigenvalue weighted by Gasteiger charge is -2.38. The molecule has 184 valence electrons. The van der Waals surface area contributed by atoms with Gasteiger partial charge in [0, 0.05) is 42.7 Å². The molecule has 1 aliphatic rings. The summed E-state index contributed by atoms with van der Waals surface area (Å²) in [5.74, 6) is 1.02. The molecule has 0 saturated carbocycles. The van der Waals surface area contributed by atoms with Gasteiger partial charge in [-0.2, -0.15) is 5.10 Å². The number of nitrogens with zero attached hydrogens (tertiary/aromatic N) is 6. The second-order valence-corrected chi connectivity index (χ2v) is 8.86. The highest BCUT2D eigenvalue weighted by molar-refractivity contribution is 5.98. The Hall–Kier alpha value is -4.70. The Morgan fingerprint density at radius 3 is 2.84 bits per heavy atom. The predicted molar refractivity (Wildman–Crippen MR) is 143 cm³/mol. The van der Waals surface area contributed by atoms with Crippen LogP contribution in [0.3, 0.4) is 0 Å². The van der Waals surface area contributed by atoms with Gasteiger partial charge in [0.1, 0.15) is 17.3 Å². The molecule has 1 aromatic carbocycles. The Morgan fingerprint density at radius 1 is 1.22 bits per heavy atom. The number of hydrogen-bond donors (Lipinski definition) is 3. The topological polar surface area (TPSA) is 125 Å². The molecule has 4 aromatic heterocycles. The first kappa shape index (κ1) is 22.7. The van der Waals surface area contributed by atoms with Crippen LogP contribution in [0, 0.1) is 5.82 Å². The van der Waals surface area contributed by atoms with Gasteiger partial charge in [0.25, 0.3) is 0 Å². The molecule has 0 radical (unpaired) electrons. The van der Waals surface area contributed by atoms with E-state index in [-0.39, 0.29) is 11.9 Å². The molecule has 0 unspecified atom stereocenters. The highest BCUT2D eigenvalue weighted by atomic mass is 19.1. The fourth-order valence-electron chi connectivity index (χ4n) is 4.51. The third-order valence-electron chi connectivity index (χ3n) is 6.39. The summed E-state index contributed by atoms with van der Waals surface area (Å²) in [5, 5.41) is 8.19. The molecule has 10 heteroatoms. The zero-order valence-electron chi connectivity index (χ0n) is 20.1. The van der Waals surface area contributed by atoms with Crippen molar-refractivity contribution in [2.45, 2.75) is 13.0 Å². The van der Waals surface area contributed by atoms with Crippen LogP contribution in [0.15, 0.2) is 72.5 Å². The average Bonchev–Trinajstić information content (AvgIpc) is 3.51. The lowest BCUT2D eigenvalue weighted by molar-refractivity contribution is 0.256. The van der Waals surface area contributed by atoms with Gasteiger partial charge in [0.15, 0.2) is 17.1 Å². The Morgan fingerprint density at radius 2 is 2.08 bits per heavy atom. The maximum atomic E-state index is 13.9. The minimum Gasteiger partial charge on any atom is -0.353 e. The highest BCUT2D eigenvalue weighted by Gasteiger charge is 2.25. The predicted octanol–water partition coefficient (Wildman–Crippen LogP) is 4.29. The Balaban J connectivity index is 1.41. The Bertz CT molecular complexity index is 1710. The van der Waals surface area contributed by atoms with Crippen LogP contribution < -0.4 is 5.73 Å². The van der Waals surface area contributed by atoms with Crippen LogP contribution in [-0.2, 0) is 0 Å². The van der Waals surface area contributed by atoms with E-state index in [2.05, 4.69) is 41.6 Å². The standard InChI is InChI=1S/C27H24FN9/c1-3-21(32-22(4-2)37-13-18(29)14-37)16-11-20-24(35-36-25(20)31-12-16)27-33-23-19(8-9-30-26(23)34-27)15-6-5-7-17(28)10-15/h3-12,18H,2,13-14,29H2,1H3,(H,30,33,34)(H,31,35,36)/b21-3-,32-22?. The van der Waals surface area contributed by atoms with Gasteiger partial charge in [0.05, 0.1) is 16.6 Å². The molecule has 9 nitrogen and oxygen atoms in total. The maximum absolute atomic E-state index is 13.9. The van der Waals surface area contributed by atoms with Crippen molar-refractivity contribution in [1.29, 1.82) is 0 Å². The van der Waals surface area contributed by atoms with Gasteiger partial charge in [-0.3, -0.25) is 5.10 Å². The van der Waals surface area contributed by atoms with Crippen molar-refractivity contribution < 1.29 is 4.39 Å². The number of aromatic nitrogens is 6. The molecule has 5 heterocycles. The summed E-state index contributed by atoms with van der Waals surface area (Å²) >= 11 is 0. The van der Waals surface area contributed by atoms with Crippen LogP contribution in [0.5, 0.6) is 0 Å². The third-order valence-corrected chi connectivity index (χ3v) is 6.39. The molecular formula is C27H24FN9. The molecular weight excluding hydrogens is 469 g/mol. The monoisotopic (exact) mass is 493 g/mol. The maximum Gasteiger partial charge on any atom is 0.181 e. The summed E-state index contributed by atoms with van der Waals surface area (Å²) in [4.78, 5) is 23.9.